The number of rotatable bonds is 5. The van der Waals surface area contributed by atoms with Crippen LogP contribution in [0.25, 0.3) is 0 Å². The van der Waals surface area contributed by atoms with Crippen LogP contribution >= 0.6 is 11.8 Å². The molecule has 0 saturated carbocycles. The number of carbonyl (C=O) groups excluding carboxylic acids is 1. The Hall–Kier alpha value is -2.09. The van der Waals surface area contributed by atoms with E-state index in [1.165, 1.54) is 0 Å². The maximum Gasteiger partial charge on any atom is 0.433 e. The second kappa shape index (κ2) is 7.65. The number of nitrogens with one attached hydrogen (secondary N) is 1. The minimum absolute atomic E-state index is 0.0762. The number of aromatic nitrogens is 2. The average molecular weight is 355 g/mol. The largest absolute Gasteiger partial charge is 0.433 e. The highest BCUT2D eigenvalue weighted by Crippen LogP contribution is 2.28. The van der Waals surface area contributed by atoms with Gasteiger partial charge in [-0.25, -0.2) is 9.97 Å². The predicted octanol–water partition coefficient (Wildman–Crippen LogP) is 4.35. The number of halogens is 3. The molecule has 1 aromatic heterocycles. The van der Waals surface area contributed by atoms with Crippen LogP contribution in [-0.2, 0) is 11.0 Å². The fraction of sp³-hybridized carbons (Fsp3) is 0.312. The number of hydrogen-bond acceptors (Lipinski definition) is 4. The van der Waals surface area contributed by atoms with Crippen LogP contribution < -0.4 is 5.32 Å². The van der Waals surface area contributed by atoms with Crippen molar-refractivity contribution in [2.24, 2.45) is 0 Å². The topological polar surface area (TPSA) is 54.9 Å². The Labute approximate surface area is 141 Å². The van der Waals surface area contributed by atoms with E-state index in [0.717, 1.165) is 29.6 Å². The molecular weight excluding hydrogens is 339 g/mol. The van der Waals surface area contributed by atoms with Gasteiger partial charge in [-0.05, 0) is 29.7 Å². The van der Waals surface area contributed by atoms with E-state index in [1.807, 2.05) is 32.0 Å². The van der Waals surface area contributed by atoms with Gasteiger partial charge in [-0.2, -0.15) is 13.2 Å². The third-order valence-corrected chi connectivity index (χ3v) is 3.95. The molecule has 0 saturated heterocycles. The van der Waals surface area contributed by atoms with E-state index in [2.05, 4.69) is 15.3 Å². The lowest BCUT2D eigenvalue weighted by Crippen LogP contribution is -2.15. The van der Waals surface area contributed by atoms with Crippen molar-refractivity contribution in [1.29, 1.82) is 0 Å². The molecule has 0 radical (unpaired) electrons. The van der Waals surface area contributed by atoms with E-state index in [0.29, 0.717) is 11.6 Å². The molecule has 0 bridgehead atoms. The Kier molecular flexibility index (Phi) is 5.82. The zero-order chi connectivity index (χ0) is 17.7. The van der Waals surface area contributed by atoms with E-state index in [1.54, 1.807) is 6.07 Å². The normalized spacial score (nSPS) is 11.6. The van der Waals surface area contributed by atoms with Crippen molar-refractivity contribution < 1.29 is 18.0 Å². The molecule has 0 aliphatic heterocycles. The number of anilines is 1. The highest BCUT2D eigenvalue weighted by Gasteiger charge is 2.32. The molecular formula is C16H16F3N3OS. The summed E-state index contributed by atoms with van der Waals surface area (Å²) in [6.45, 7) is 4.09. The number of alkyl halides is 3. The van der Waals surface area contributed by atoms with Crippen molar-refractivity contribution >= 4 is 23.4 Å². The zero-order valence-electron chi connectivity index (χ0n) is 13.1. The summed E-state index contributed by atoms with van der Waals surface area (Å²) in [5, 5.41) is 2.63. The second-order valence-corrected chi connectivity index (χ2v) is 6.28. The average Bonchev–Trinajstić information content (AvgIpc) is 2.52. The summed E-state index contributed by atoms with van der Waals surface area (Å²) in [7, 11) is 0. The molecule has 0 aliphatic carbocycles. The first-order valence-corrected chi connectivity index (χ1v) is 8.17. The van der Waals surface area contributed by atoms with Gasteiger partial charge in [0, 0.05) is 11.9 Å². The van der Waals surface area contributed by atoms with Crippen LogP contribution in [0.1, 0.15) is 31.0 Å². The fourth-order valence-electron chi connectivity index (χ4n) is 1.87. The van der Waals surface area contributed by atoms with Crippen molar-refractivity contribution in [2.75, 3.05) is 11.1 Å². The third-order valence-electron chi connectivity index (χ3n) is 3.09. The number of amides is 1. The SMILES string of the molecule is CC(C)c1cccc(NC(=O)CSc2nccc(C(F)(F)F)n2)c1. The van der Waals surface area contributed by atoms with Gasteiger partial charge in [-0.3, -0.25) is 4.79 Å². The summed E-state index contributed by atoms with van der Waals surface area (Å²) < 4.78 is 37.7. The summed E-state index contributed by atoms with van der Waals surface area (Å²) in [6, 6.07) is 8.23. The van der Waals surface area contributed by atoms with E-state index in [9.17, 15) is 18.0 Å². The van der Waals surface area contributed by atoms with Gasteiger partial charge < -0.3 is 5.32 Å². The summed E-state index contributed by atoms with van der Waals surface area (Å²) >= 11 is 0.854. The summed E-state index contributed by atoms with van der Waals surface area (Å²) in [5.41, 5.74) is 0.712. The quantitative estimate of drug-likeness (QED) is 0.640. The Morgan fingerprint density at radius 3 is 2.71 bits per heavy atom. The first-order valence-electron chi connectivity index (χ1n) is 7.18. The van der Waals surface area contributed by atoms with Crippen molar-refractivity contribution in [3.8, 4) is 0 Å². The molecule has 1 N–H and O–H groups in total. The van der Waals surface area contributed by atoms with Gasteiger partial charge in [-0.1, -0.05) is 37.7 Å². The van der Waals surface area contributed by atoms with Crippen LogP contribution in [0.4, 0.5) is 18.9 Å². The standard InChI is InChI=1S/C16H16F3N3OS/c1-10(2)11-4-3-5-12(8-11)21-14(23)9-24-15-20-7-6-13(22-15)16(17,18)19/h3-8,10H,9H2,1-2H3,(H,21,23). The third kappa shape index (κ3) is 5.23. The molecule has 0 aliphatic rings. The van der Waals surface area contributed by atoms with Crippen LogP contribution in [0.5, 0.6) is 0 Å². The number of carbonyl (C=O) groups is 1. The van der Waals surface area contributed by atoms with Crippen LogP contribution in [0.15, 0.2) is 41.7 Å². The molecule has 1 heterocycles. The van der Waals surface area contributed by atoms with Crippen LogP contribution in [0, 0.1) is 0 Å². The van der Waals surface area contributed by atoms with Crippen LogP contribution in [0.2, 0.25) is 0 Å². The minimum atomic E-state index is -4.53. The molecule has 2 aromatic rings. The van der Waals surface area contributed by atoms with Crippen LogP contribution in [-0.4, -0.2) is 21.6 Å². The first kappa shape index (κ1) is 18.3. The molecule has 1 amide bonds. The molecule has 0 fully saturated rings. The van der Waals surface area contributed by atoms with E-state index >= 15 is 0 Å². The van der Waals surface area contributed by atoms with Crippen LogP contribution in [0.3, 0.4) is 0 Å². The molecule has 4 nitrogen and oxygen atoms in total. The van der Waals surface area contributed by atoms with Gasteiger partial charge in [0.1, 0.15) is 5.69 Å². The lowest BCUT2D eigenvalue weighted by Gasteiger charge is -2.09. The summed E-state index contributed by atoms with van der Waals surface area (Å²) in [5.74, 6) is -0.0793. The van der Waals surface area contributed by atoms with E-state index in [4.69, 9.17) is 0 Å². The van der Waals surface area contributed by atoms with Crippen molar-refractivity contribution in [2.45, 2.75) is 31.1 Å². The summed E-state index contributed by atoms with van der Waals surface area (Å²) in [4.78, 5) is 19.1. The molecule has 8 heteroatoms. The van der Waals surface area contributed by atoms with Gasteiger partial charge in [0.15, 0.2) is 5.16 Å². The molecule has 2 rings (SSSR count). The maximum absolute atomic E-state index is 12.6. The number of hydrogen-bond donors (Lipinski definition) is 1. The zero-order valence-corrected chi connectivity index (χ0v) is 13.9. The van der Waals surface area contributed by atoms with Crippen molar-refractivity contribution in [1.82, 2.24) is 9.97 Å². The first-order chi connectivity index (χ1) is 11.3. The highest BCUT2D eigenvalue weighted by molar-refractivity contribution is 7.99. The number of benzene rings is 1. The Morgan fingerprint density at radius 2 is 2.04 bits per heavy atom. The highest BCUT2D eigenvalue weighted by atomic mass is 32.2. The smallest absolute Gasteiger partial charge is 0.325 e. The summed E-state index contributed by atoms with van der Waals surface area (Å²) in [6.07, 6.45) is -3.50. The molecule has 1 aromatic carbocycles. The van der Waals surface area contributed by atoms with Gasteiger partial charge in [0.25, 0.3) is 0 Å². The van der Waals surface area contributed by atoms with Crippen molar-refractivity contribution in [3.05, 3.63) is 47.8 Å². The monoisotopic (exact) mass is 355 g/mol. The minimum Gasteiger partial charge on any atom is -0.325 e. The van der Waals surface area contributed by atoms with E-state index < -0.39 is 11.9 Å². The Bertz CT molecular complexity index is 720. The van der Waals surface area contributed by atoms with E-state index in [-0.39, 0.29) is 16.8 Å². The lowest BCUT2D eigenvalue weighted by molar-refractivity contribution is -0.141. The number of thioether (sulfide) groups is 1. The van der Waals surface area contributed by atoms with Crippen molar-refractivity contribution in [3.63, 3.8) is 0 Å². The maximum atomic E-state index is 12.6. The predicted molar refractivity (Wildman–Crippen MR) is 86.9 cm³/mol. The molecule has 0 atom stereocenters. The second-order valence-electron chi connectivity index (χ2n) is 5.34. The Morgan fingerprint density at radius 1 is 1.29 bits per heavy atom. The van der Waals surface area contributed by atoms with Gasteiger partial charge in [-0.15, -0.1) is 0 Å². The fourth-order valence-corrected chi connectivity index (χ4v) is 2.50. The van der Waals surface area contributed by atoms with Gasteiger partial charge >= 0.3 is 6.18 Å². The molecule has 128 valence electrons. The van der Waals surface area contributed by atoms with Gasteiger partial charge in [0.05, 0.1) is 5.75 Å². The number of nitrogens with zero attached hydrogens (tertiary/aromatic N) is 2. The lowest BCUT2D eigenvalue weighted by atomic mass is 10.0. The molecule has 0 spiro atoms. The molecule has 0 unspecified atom stereocenters. The molecule has 24 heavy (non-hydrogen) atoms. The Balaban J connectivity index is 1.95. The van der Waals surface area contributed by atoms with Gasteiger partial charge in [0.2, 0.25) is 5.91 Å².